The standard InChI is InChI=1S/C14H16BrCl2NO/c1-9(16)10-4-6-18(7-5-10)14(19)12-3-2-11(17)8-13(12)15/h2-3,8-10H,4-7H2,1H3. The number of piperidine rings is 1. The van der Waals surface area contributed by atoms with E-state index < -0.39 is 0 Å². The Bertz CT molecular complexity index is 471. The van der Waals surface area contributed by atoms with Gasteiger partial charge in [0, 0.05) is 28.0 Å². The molecule has 5 heteroatoms. The number of alkyl halides is 1. The van der Waals surface area contributed by atoms with Crippen LogP contribution in [0.5, 0.6) is 0 Å². The fourth-order valence-corrected chi connectivity index (χ4v) is 3.50. The Kier molecular flexibility index (Phi) is 5.15. The van der Waals surface area contributed by atoms with Crippen LogP contribution >= 0.6 is 39.1 Å². The van der Waals surface area contributed by atoms with Crippen molar-refractivity contribution in [2.75, 3.05) is 13.1 Å². The van der Waals surface area contributed by atoms with E-state index in [1.165, 1.54) is 0 Å². The molecule has 104 valence electrons. The third kappa shape index (κ3) is 3.65. The Morgan fingerprint density at radius 1 is 1.42 bits per heavy atom. The Labute approximate surface area is 132 Å². The van der Waals surface area contributed by atoms with Crippen molar-refractivity contribution in [3.8, 4) is 0 Å². The molecule has 0 N–H and O–H groups in total. The summed E-state index contributed by atoms with van der Waals surface area (Å²) < 4.78 is 0.748. The van der Waals surface area contributed by atoms with E-state index in [0.717, 1.165) is 30.4 Å². The zero-order valence-corrected chi connectivity index (χ0v) is 13.8. The van der Waals surface area contributed by atoms with E-state index in [1.807, 2.05) is 11.8 Å². The van der Waals surface area contributed by atoms with E-state index in [-0.39, 0.29) is 11.3 Å². The van der Waals surface area contributed by atoms with Crippen molar-refractivity contribution in [3.63, 3.8) is 0 Å². The summed E-state index contributed by atoms with van der Waals surface area (Å²) in [6.07, 6.45) is 1.95. The monoisotopic (exact) mass is 363 g/mol. The number of rotatable bonds is 2. The number of carbonyl (C=O) groups excluding carboxylic acids is 1. The number of hydrogen-bond donors (Lipinski definition) is 0. The molecule has 0 aromatic heterocycles. The van der Waals surface area contributed by atoms with Crippen molar-refractivity contribution in [2.45, 2.75) is 25.1 Å². The van der Waals surface area contributed by atoms with Gasteiger partial charge in [-0.3, -0.25) is 4.79 Å². The second-order valence-electron chi connectivity index (χ2n) is 4.93. The van der Waals surface area contributed by atoms with Gasteiger partial charge in [-0.1, -0.05) is 11.6 Å². The summed E-state index contributed by atoms with van der Waals surface area (Å²) >= 11 is 15.4. The number of amides is 1. The quantitative estimate of drug-likeness (QED) is 0.703. The van der Waals surface area contributed by atoms with Gasteiger partial charge in [0.2, 0.25) is 0 Å². The fraction of sp³-hybridized carbons (Fsp3) is 0.500. The molecule has 0 bridgehead atoms. The molecule has 1 aromatic rings. The highest BCUT2D eigenvalue weighted by atomic mass is 79.9. The van der Waals surface area contributed by atoms with Gasteiger partial charge < -0.3 is 4.90 Å². The Morgan fingerprint density at radius 3 is 2.58 bits per heavy atom. The molecule has 1 fully saturated rings. The molecule has 0 saturated carbocycles. The minimum Gasteiger partial charge on any atom is -0.339 e. The van der Waals surface area contributed by atoms with E-state index in [4.69, 9.17) is 23.2 Å². The van der Waals surface area contributed by atoms with Gasteiger partial charge in [0.1, 0.15) is 0 Å². The van der Waals surface area contributed by atoms with Gasteiger partial charge in [-0.25, -0.2) is 0 Å². The van der Waals surface area contributed by atoms with Gasteiger partial charge in [-0.05, 0) is 59.8 Å². The van der Waals surface area contributed by atoms with Gasteiger partial charge in [0.05, 0.1) is 5.56 Å². The first-order valence-electron chi connectivity index (χ1n) is 6.37. The molecule has 0 aliphatic carbocycles. The molecule has 1 heterocycles. The summed E-state index contributed by atoms with van der Waals surface area (Å²) in [5.41, 5.74) is 0.668. The highest BCUT2D eigenvalue weighted by molar-refractivity contribution is 9.10. The molecule has 1 aromatic carbocycles. The summed E-state index contributed by atoms with van der Waals surface area (Å²) in [7, 11) is 0. The number of halogens is 3. The van der Waals surface area contributed by atoms with Crippen LogP contribution in [0.25, 0.3) is 0 Å². The van der Waals surface area contributed by atoms with Gasteiger partial charge in [-0.15, -0.1) is 11.6 Å². The van der Waals surface area contributed by atoms with Crippen LogP contribution < -0.4 is 0 Å². The number of hydrogen-bond acceptors (Lipinski definition) is 1. The van der Waals surface area contributed by atoms with Crippen molar-refractivity contribution in [1.29, 1.82) is 0 Å². The average Bonchev–Trinajstić information content (AvgIpc) is 2.38. The lowest BCUT2D eigenvalue weighted by Crippen LogP contribution is -2.40. The molecule has 1 unspecified atom stereocenters. The Morgan fingerprint density at radius 2 is 2.05 bits per heavy atom. The first-order valence-corrected chi connectivity index (χ1v) is 7.98. The molecule has 1 amide bonds. The minimum atomic E-state index is 0.0595. The molecule has 0 spiro atoms. The molecule has 1 aliphatic rings. The second-order valence-corrected chi connectivity index (χ2v) is 6.91. The third-order valence-electron chi connectivity index (χ3n) is 3.64. The van der Waals surface area contributed by atoms with Crippen LogP contribution in [0.3, 0.4) is 0 Å². The third-order valence-corrected chi connectivity index (χ3v) is 4.89. The van der Waals surface area contributed by atoms with Crippen LogP contribution in [-0.4, -0.2) is 29.3 Å². The normalized spacial score (nSPS) is 18.4. The lowest BCUT2D eigenvalue weighted by atomic mass is 9.93. The molecule has 2 rings (SSSR count). The second kappa shape index (κ2) is 6.47. The molecular weight excluding hydrogens is 349 g/mol. The molecule has 1 atom stereocenters. The lowest BCUT2D eigenvalue weighted by molar-refractivity contribution is 0.0689. The van der Waals surface area contributed by atoms with Gasteiger partial charge in [-0.2, -0.15) is 0 Å². The molecule has 2 nitrogen and oxygen atoms in total. The van der Waals surface area contributed by atoms with E-state index in [1.54, 1.807) is 18.2 Å². The predicted octanol–water partition coefficient (Wildman–Crippen LogP) is 4.58. The first kappa shape index (κ1) is 15.1. The molecule has 1 saturated heterocycles. The Hall–Kier alpha value is -0.250. The number of likely N-dealkylation sites (tertiary alicyclic amines) is 1. The summed E-state index contributed by atoms with van der Waals surface area (Å²) in [4.78, 5) is 14.3. The smallest absolute Gasteiger partial charge is 0.254 e. The maximum Gasteiger partial charge on any atom is 0.254 e. The largest absolute Gasteiger partial charge is 0.339 e. The lowest BCUT2D eigenvalue weighted by Gasteiger charge is -2.33. The van der Waals surface area contributed by atoms with Crippen molar-refractivity contribution in [2.24, 2.45) is 5.92 Å². The van der Waals surface area contributed by atoms with Crippen LogP contribution in [0.2, 0.25) is 5.02 Å². The molecular formula is C14H16BrCl2NO. The van der Waals surface area contributed by atoms with Gasteiger partial charge in [0.25, 0.3) is 5.91 Å². The number of carbonyl (C=O) groups is 1. The summed E-state index contributed by atoms with van der Waals surface area (Å²) in [5, 5.41) is 0.803. The highest BCUT2D eigenvalue weighted by Gasteiger charge is 2.26. The van der Waals surface area contributed by atoms with E-state index in [9.17, 15) is 4.79 Å². The fourth-order valence-electron chi connectivity index (χ4n) is 2.40. The zero-order chi connectivity index (χ0) is 14.0. The number of nitrogens with zero attached hydrogens (tertiary/aromatic N) is 1. The van der Waals surface area contributed by atoms with Crippen molar-refractivity contribution >= 4 is 45.0 Å². The predicted molar refractivity (Wildman–Crippen MR) is 83.1 cm³/mol. The number of benzene rings is 1. The van der Waals surface area contributed by atoms with Gasteiger partial charge in [0.15, 0.2) is 0 Å². The summed E-state index contributed by atoms with van der Waals surface area (Å²) in [5.74, 6) is 0.573. The van der Waals surface area contributed by atoms with E-state index in [2.05, 4.69) is 15.9 Å². The van der Waals surface area contributed by atoms with Crippen molar-refractivity contribution in [3.05, 3.63) is 33.3 Å². The van der Waals surface area contributed by atoms with Crippen molar-refractivity contribution < 1.29 is 4.79 Å². The van der Waals surface area contributed by atoms with Crippen LogP contribution in [0.4, 0.5) is 0 Å². The maximum atomic E-state index is 12.4. The zero-order valence-electron chi connectivity index (χ0n) is 10.7. The minimum absolute atomic E-state index is 0.0595. The summed E-state index contributed by atoms with van der Waals surface area (Å²) in [6.45, 7) is 3.57. The van der Waals surface area contributed by atoms with Crippen LogP contribution in [-0.2, 0) is 0 Å². The molecule has 1 aliphatic heterocycles. The van der Waals surface area contributed by atoms with E-state index >= 15 is 0 Å². The average molecular weight is 365 g/mol. The molecule has 19 heavy (non-hydrogen) atoms. The topological polar surface area (TPSA) is 20.3 Å². The van der Waals surface area contributed by atoms with Crippen LogP contribution in [0.1, 0.15) is 30.1 Å². The highest BCUT2D eigenvalue weighted by Crippen LogP contribution is 2.27. The first-order chi connectivity index (χ1) is 8.99. The van der Waals surface area contributed by atoms with Crippen molar-refractivity contribution in [1.82, 2.24) is 4.90 Å². The Balaban J connectivity index is 2.05. The van der Waals surface area contributed by atoms with Crippen LogP contribution in [0, 0.1) is 5.92 Å². The maximum absolute atomic E-state index is 12.4. The SMILES string of the molecule is CC(Cl)C1CCN(C(=O)c2ccc(Cl)cc2Br)CC1. The summed E-state index contributed by atoms with van der Waals surface area (Å²) in [6, 6.07) is 5.26. The van der Waals surface area contributed by atoms with Gasteiger partial charge >= 0.3 is 0 Å². The molecule has 0 radical (unpaired) electrons. The van der Waals surface area contributed by atoms with Crippen LogP contribution in [0.15, 0.2) is 22.7 Å². The van der Waals surface area contributed by atoms with E-state index in [0.29, 0.717) is 16.5 Å².